The second-order valence-corrected chi connectivity index (χ2v) is 6.18. The Labute approximate surface area is 142 Å². The zero-order valence-corrected chi connectivity index (χ0v) is 14.4. The number of benzene rings is 1. The molecule has 0 spiro atoms. The summed E-state index contributed by atoms with van der Waals surface area (Å²) in [7, 11) is 0. The van der Waals surface area contributed by atoms with Gasteiger partial charge in [0.25, 0.3) is 0 Å². The number of carbonyl (C=O) groups excluding carboxylic acids is 1. The first kappa shape index (κ1) is 18.3. The highest BCUT2D eigenvalue weighted by molar-refractivity contribution is 5.73. The number of hydrogen-bond donors (Lipinski definition) is 2. The highest BCUT2D eigenvalue weighted by atomic mass is 16.5. The van der Waals surface area contributed by atoms with Crippen molar-refractivity contribution in [3.63, 3.8) is 0 Å². The fourth-order valence-corrected chi connectivity index (χ4v) is 2.91. The van der Waals surface area contributed by atoms with E-state index in [-0.39, 0.29) is 5.91 Å². The molecule has 24 heavy (non-hydrogen) atoms. The normalized spacial score (nSPS) is 14.1. The molecule has 1 unspecified atom stereocenters. The fraction of sp³-hybridized carbons (Fsp3) is 0.556. The Balaban J connectivity index is 1.84. The van der Waals surface area contributed by atoms with Gasteiger partial charge in [-0.25, -0.2) is 0 Å². The summed E-state index contributed by atoms with van der Waals surface area (Å²) in [5, 5.41) is 12.0. The molecule has 2 rings (SSSR count). The Hall–Kier alpha value is -2.08. The van der Waals surface area contributed by atoms with Gasteiger partial charge in [0.05, 0.1) is 6.61 Å². The Bertz CT molecular complexity index is 588. The Morgan fingerprint density at radius 3 is 2.88 bits per heavy atom. The molecule has 1 amide bonds. The molecule has 6 nitrogen and oxygen atoms in total. The highest BCUT2D eigenvalue weighted by Gasteiger charge is 2.20. The molecule has 1 aromatic carbocycles. The average Bonchev–Trinajstić information content (AvgIpc) is 3.00. The molecule has 132 valence electrons. The maximum Gasteiger partial charge on any atom is 0.320 e. The maximum atomic E-state index is 11.3. The number of fused-ring (bicyclic) bond motifs is 1. The van der Waals surface area contributed by atoms with Crippen LogP contribution in [0.15, 0.2) is 18.2 Å². The van der Waals surface area contributed by atoms with Crippen molar-refractivity contribution >= 4 is 11.9 Å². The summed E-state index contributed by atoms with van der Waals surface area (Å²) in [6.45, 7) is 5.58. The van der Waals surface area contributed by atoms with Gasteiger partial charge in [0, 0.05) is 26.4 Å². The van der Waals surface area contributed by atoms with E-state index in [9.17, 15) is 14.7 Å². The molecule has 0 aliphatic carbocycles. The number of hydrogen-bond acceptors (Lipinski definition) is 4. The van der Waals surface area contributed by atoms with E-state index in [0.717, 1.165) is 31.6 Å². The van der Waals surface area contributed by atoms with Crippen molar-refractivity contribution in [2.45, 2.75) is 39.2 Å². The standard InChI is InChI=1S/C18H26N2O4/c1-13(18(22)23)20(10-8-19-14(2)21)9-3-4-15-5-6-17-16(12-15)7-11-24-17/h5-6,12-13H,3-4,7-11H2,1-2H3,(H,19,21)(H,22,23). The van der Waals surface area contributed by atoms with Crippen LogP contribution in [0, 0.1) is 0 Å². The lowest BCUT2D eigenvalue weighted by molar-refractivity contribution is -0.142. The van der Waals surface area contributed by atoms with E-state index < -0.39 is 12.0 Å². The molecule has 1 heterocycles. The van der Waals surface area contributed by atoms with Crippen LogP contribution in [0.3, 0.4) is 0 Å². The molecule has 0 saturated heterocycles. The predicted octanol–water partition coefficient (Wildman–Crippen LogP) is 1.47. The lowest BCUT2D eigenvalue weighted by atomic mass is 10.0. The maximum absolute atomic E-state index is 11.3. The summed E-state index contributed by atoms with van der Waals surface area (Å²) < 4.78 is 5.51. The van der Waals surface area contributed by atoms with E-state index in [1.165, 1.54) is 18.1 Å². The predicted molar refractivity (Wildman–Crippen MR) is 91.3 cm³/mol. The van der Waals surface area contributed by atoms with Crippen LogP contribution in [-0.4, -0.2) is 54.2 Å². The third-order valence-electron chi connectivity index (χ3n) is 4.34. The molecule has 0 fully saturated rings. The van der Waals surface area contributed by atoms with Crippen molar-refractivity contribution in [3.8, 4) is 5.75 Å². The van der Waals surface area contributed by atoms with E-state index in [0.29, 0.717) is 19.6 Å². The molecule has 1 aromatic rings. The summed E-state index contributed by atoms with van der Waals surface area (Å²) in [6, 6.07) is 5.72. The second-order valence-electron chi connectivity index (χ2n) is 6.18. The lowest BCUT2D eigenvalue weighted by Crippen LogP contribution is -2.43. The van der Waals surface area contributed by atoms with Crippen LogP contribution in [0.5, 0.6) is 5.75 Å². The van der Waals surface area contributed by atoms with Crippen molar-refractivity contribution in [2.75, 3.05) is 26.2 Å². The molecular weight excluding hydrogens is 308 g/mol. The minimum Gasteiger partial charge on any atom is -0.493 e. The quantitative estimate of drug-likeness (QED) is 0.715. The number of aryl methyl sites for hydroxylation is 1. The van der Waals surface area contributed by atoms with E-state index in [4.69, 9.17) is 4.74 Å². The monoisotopic (exact) mass is 334 g/mol. The molecule has 1 atom stereocenters. The molecule has 6 heteroatoms. The van der Waals surface area contributed by atoms with E-state index in [1.54, 1.807) is 6.92 Å². The van der Waals surface area contributed by atoms with Crippen molar-refractivity contribution in [1.82, 2.24) is 10.2 Å². The number of carboxylic acid groups (broad SMARTS) is 1. The summed E-state index contributed by atoms with van der Waals surface area (Å²) >= 11 is 0. The molecule has 0 saturated carbocycles. The molecule has 1 aliphatic rings. The zero-order chi connectivity index (χ0) is 17.5. The molecule has 1 aliphatic heterocycles. The summed E-state index contributed by atoms with van der Waals surface area (Å²) in [4.78, 5) is 24.1. The van der Waals surface area contributed by atoms with Gasteiger partial charge in [0.1, 0.15) is 11.8 Å². The van der Waals surface area contributed by atoms with Crippen LogP contribution in [0.2, 0.25) is 0 Å². The molecular formula is C18H26N2O4. The van der Waals surface area contributed by atoms with Crippen LogP contribution in [0.4, 0.5) is 0 Å². The van der Waals surface area contributed by atoms with Crippen LogP contribution in [0.25, 0.3) is 0 Å². The SMILES string of the molecule is CC(=O)NCCN(CCCc1ccc2c(c1)CCO2)C(C)C(=O)O. The number of aliphatic carboxylic acids is 1. The Kier molecular flexibility index (Phi) is 6.61. The minimum absolute atomic E-state index is 0.0988. The van der Waals surface area contributed by atoms with E-state index >= 15 is 0 Å². The summed E-state index contributed by atoms with van der Waals surface area (Å²) in [6.07, 6.45) is 2.73. The molecule has 0 aromatic heterocycles. The third-order valence-corrected chi connectivity index (χ3v) is 4.34. The summed E-state index contributed by atoms with van der Waals surface area (Å²) in [5.41, 5.74) is 2.51. The highest BCUT2D eigenvalue weighted by Crippen LogP contribution is 2.26. The van der Waals surface area contributed by atoms with Gasteiger partial charge < -0.3 is 15.2 Å². The second kappa shape index (κ2) is 8.68. The van der Waals surface area contributed by atoms with Crippen LogP contribution >= 0.6 is 0 Å². The number of rotatable bonds is 9. The van der Waals surface area contributed by atoms with Crippen molar-refractivity contribution < 1.29 is 19.4 Å². The summed E-state index contributed by atoms with van der Waals surface area (Å²) in [5.74, 6) is 0.0426. The number of amides is 1. The van der Waals surface area contributed by atoms with Crippen LogP contribution in [-0.2, 0) is 22.4 Å². The van der Waals surface area contributed by atoms with E-state index in [1.807, 2.05) is 11.0 Å². The van der Waals surface area contributed by atoms with Crippen LogP contribution < -0.4 is 10.1 Å². The molecule has 0 bridgehead atoms. The minimum atomic E-state index is -0.840. The third kappa shape index (κ3) is 5.23. The van der Waals surface area contributed by atoms with Gasteiger partial charge in [-0.15, -0.1) is 0 Å². The number of nitrogens with one attached hydrogen (secondary N) is 1. The van der Waals surface area contributed by atoms with Gasteiger partial charge in [0.2, 0.25) is 5.91 Å². The number of nitrogens with zero attached hydrogens (tertiary/aromatic N) is 1. The fourth-order valence-electron chi connectivity index (χ4n) is 2.91. The smallest absolute Gasteiger partial charge is 0.320 e. The first-order valence-corrected chi connectivity index (χ1v) is 8.43. The van der Waals surface area contributed by atoms with E-state index in [2.05, 4.69) is 17.4 Å². The zero-order valence-electron chi connectivity index (χ0n) is 14.4. The van der Waals surface area contributed by atoms with Crippen LogP contribution in [0.1, 0.15) is 31.4 Å². The topological polar surface area (TPSA) is 78.9 Å². The van der Waals surface area contributed by atoms with Gasteiger partial charge in [0.15, 0.2) is 0 Å². The van der Waals surface area contributed by atoms with Crippen molar-refractivity contribution in [3.05, 3.63) is 29.3 Å². The molecule has 0 radical (unpaired) electrons. The Morgan fingerprint density at radius 2 is 2.17 bits per heavy atom. The number of carboxylic acids is 1. The van der Waals surface area contributed by atoms with Crippen molar-refractivity contribution in [2.24, 2.45) is 0 Å². The average molecular weight is 334 g/mol. The van der Waals surface area contributed by atoms with Gasteiger partial charge in [-0.2, -0.15) is 0 Å². The Morgan fingerprint density at radius 1 is 1.38 bits per heavy atom. The molecule has 2 N–H and O–H groups in total. The van der Waals surface area contributed by atoms with Gasteiger partial charge >= 0.3 is 5.97 Å². The lowest BCUT2D eigenvalue weighted by Gasteiger charge is -2.26. The number of ether oxygens (including phenoxy) is 1. The largest absolute Gasteiger partial charge is 0.493 e. The van der Waals surface area contributed by atoms with Gasteiger partial charge in [-0.05, 0) is 43.5 Å². The van der Waals surface area contributed by atoms with Gasteiger partial charge in [-0.3, -0.25) is 14.5 Å². The first-order chi connectivity index (χ1) is 11.5. The number of carbonyl (C=O) groups is 2. The van der Waals surface area contributed by atoms with Crippen molar-refractivity contribution in [1.29, 1.82) is 0 Å². The van der Waals surface area contributed by atoms with Gasteiger partial charge in [-0.1, -0.05) is 12.1 Å². The first-order valence-electron chi connectivity index (χ1n) is 8.43.